The van der Waals surface area contributed by atoms with Gasteiger partial charge in [0.15, 0.2) is 0 Å². The Kier molecular flexibility index (Phi) is 6.45. The van der Waals surface area contributed by atoms with E-state index in [0.29, 0.717) is 26.2 Å². The highest BCUT2D eigenvalue weighted by molar-refractivity contribution is 5.75. The maximum Gasteiger partial charge on any atom is 0.410 e. The first-order valence-corrected chi connectivity index (χ1v) is 7.63. The van der Waals surface area contributed by atoms with E-state index < -0.39 is 5.60 Å². The van der Waals surface area contributed by atoms with Crippen molar-refractivity contribution < 1.29 is 19.1 Å². The molecule has 0 N–H and O–H groups in total. The van der Waals surface area contributed by atoms with Gasteiger partial charge in [-0.15, -0.1) is 0 Å². The molecule has 0 spiro atoms. The summed E-state index contributed by atoms with van der Waals surface area (Å²) in [6.45, 7) is 12.3. The van der Waals surface area contributed by atoms with E-state index in [9.17, 15) is 9.59 Å². The number of esters is 1. The van der Waals surface area contributed by atoms with E-state index in [1.165, 1.54) is 0 Å². The molecule has 1 aliphatic rings. The summed E-state index contributed by atoms with van der Waals surface area (Å²) < 4.78 is 10.4. The molecule has 1 heterocycles. The minimum absolute atomic E-state index is 0.205. The van der Waals surface area contributed by atoms with Crippen LogP contribution in [-0.4, -0.2) is 66.3 Å². The van der Waals surface area contributed by atoms with Gasteiger partial charge >= 0.3 is 12.1 Å². The molecule has 1 atom stereocenters. The molecule has 0 bridgehead atoms. The highest BCUT2D eigenvalue weighted by Gasteiger charge is 2.28. The number of carbonyl (C=O) groups is 2. The quantitative estimate of drug-likeness (QED) is 0.745. The fourth-order valence-corrected chi connectivity index (χ4v) is 2.25. The number of hydrogen-bond acceptors (Lipinski definition) is 5. The summed E-state index contributed by atoms with van der Waals surface area (Å²) >= 11 is 0. The second kappa shape index (κ2) is 7.64. The van der Waals surface area contributed by atoms with Crippen molar-refractivity contribution in [3.05, 3.63) is 0 Å². The zero-order chi connectivity index (χ0) is 16.0. The van der Waals surface area contributed by atoms with Crippen molar-refractivity contribution in [2.24, 2.45) is 0 Å². The molecule has 21 heavy (non-hydrogen) atoms. The van der Waals surface area contributed by atoms with Crippen LogP contribution in [0, 0.1) is 0 Å². The number of ether oxygens (including phenoxy) is 2. The van der Waals surface area contributed by atoms with Crippen molar-refractivity contribution >= 4 is 12.1 Å². The van der Waals surface area contributed by atoms with Crippen molar-refractivity contribution in [3.8, 4) is 0 Å². The zero-order valence-corrected chi connectivity index (χ0v) is 13.8. The molecule has 6 nitrogen and oxygen atoms in total. The lowest BCUT2D eigenvalue weighted by atomic mass is 10.2. The molecule has 1 aliphatic heterocycles. The summed E-state index contributed by atoms with van der Waals surface area (Å²) in [4.78, 5) is 27.6. The number of nitrogens with zero attached hydrogens (tertiary/aromatic N) is 2. The van der Waals surface area contributed by atoms with Crippen LogP contribution < -0.4 is 0 Å². The van der Waals surface area contributed by atoms with Crippen LogP contribution in [0.1, 0.15) is 41.0 Å². The van der Waals surface area contributed by atoms with E-state index in [4.69, 9.17) is 9.47 Å². The summed E-state index contributed by atoms with van der Waals surface area (Å²) in [5.74, 6) is -0.205. The third-order valence-corrected chi connectivity index (χ3v) is 3.36. The van der Waals surface area contributed by atoms with Gasteiger partial charge in [0.05, 0.1) is 6.61 Å². The smallest absolute Gasteiger partial charge is 0.410 e. The highest BCUT2D eigenvalue weighted by atomic mass is 16.6. The van der Waals surface area contributed by atoms with Gasteiger partial charge in [0.1, 0.15) is 11.6 Å². The minimum atomic E-state index is -0.485. The van der Waals surface area contributed by atoms with Crippen LogP contribution in [0.4, 0.5) is 4.79 Å². The Balaban J connectivity index is 2.54. The highest BCUT2D eigenvalue weighted by Crippen LogP contribution is 2.13. The molecular weight excluding hydrogens is 272 g/mol. The van der Waals surface area contributed by atoms with Gasteiger partial charge in [-0.05, 0) is 41.0 Å². The second-order valence-electron chi connectivity index (χ2n) is 6.28. The van der Waals surface area contributed by atoms with E-state index in [0.717, 1.165) is 13.0 Å². The van der Waals surface area contributed by atoms with Crippen LogP contribution in [0.15, 0.2) is 0 Å². The predicted molar refractivity (Wildman–Crippen MR) is 80.1 cm³/mol. The molecule has 0 aliphatic carbocycles. The van der Waals surface area contributed by atoms with Crippen LogP contribution in [0.25, 0.3) is 0 Å². The number of rotatable bonds is 3. The molecule has 0 aromatic carbocycles. The van der Waals surface area contributed by atoms with Gasteiger partial charge < -0.3 is 14.4 Å². The van der Waals surface area contributed by atoms with Crippen molar-refractivity contribution in [2.45, 2.75) is 52.7 Å². The Labute approximate surface area is 127 Å². The zero-order valence-electron chi connectivity index (χ0n) is 13.8. The number of amides is 1. The summed E-state index contributed by atoms with van der Waals surface area (Å²) in [5.41, 5.74) is -0.485. The predicted octanol–water partition coefficient (Wildman–Crippen LogP) is 1.88. The normalized spacial score (nSPS) is 18.8. The molecule has 0 saturated carbocycles. The molecule has 0 aromatic heterocycles. The molecule has 0 aromatic rings. The van der Waals surface area contributed by atoms with Crippen molar-refractivity contribution in [1.29, 1.82) is 0 Å². The Bertz CT molecular complexity index is 365. The standard InChI is InChI=1S/C15H28N2O4/c1-6-20-13(18)12(2)16-8-7-9-17(11-10-16)14(19)21-15(3,4)5/h12H,6-11H2,1-5H3/t12-/m1/s1. The van der Waals surface area contributed by atoms with Gasteiger partial charge in [0, 0.05) is 26.2 Å². The fourth-order valence-electron chi connectivity index (χ4n) is 2.25. The Morgan fingerprint density at radius 2 is 1.81 bits per heavy atom. The van der Waals surface area contributed by atoms with Crippen molar-refractivity contribution in [3.63, 3.8) is 0 Å². The Morgan fingerprint density at radius 1 is 1.14 bits per heavy atom. The fraction of sp³-hybridized carbons (Fsp3) is 0.867. The lowest BCUT2D eigenvalue weighted by Crippen LogP contribution is -2.43. The van der Waals surface area contributed by atoms with Crippen LogP contribution in [0.2, 0.25) is 0 Å². The average Bonchev–Trinajstić information content (AvgIpc) is 2.61. The monoisotopic (exact) mass is 300 g/mol. The Hall–Kier alpha value is -1.30. The van der Waals surface area contributed by atoms with Gasteiger partial charge in [-0.1, -0.05) is 0 Å². The van der Waals surface area contributed by atoms with Crippen molar-refractivity contribution in [2.75, 3.05) is 32.8 Å². The molecule has 0 radical (unpaired) electrons. The molecule has 1 fully saturated rings. The van der Waals surface area contributed by atoms with Crippen LogP contribution in [-0.2, 0) is 14.3 Å². The van der Waals surface area contributed by atoms with Crippen LogP contribution in [0.5, 0.6) is 0 Å². The average molecular weight is 300 g/mol. The molecule has 1 saturated heterocycles. The van der Waals surface area contributed by atoms with Gasteiger partial charge in [-0.3, -0.25) is 9.69 Å². The number of carbonyl (C=O) groups excluding carboxylic acids is 2. The first kappa shape index (κ1) is 17.8. The second-order valence-corrected chi connectivity index (χ2v) is 6.28. The SMILES string of the molecule is CCOC(=O)[C@@H](C)N1CCCN(C(=O)OC(C)(C)C)CC1. The molecule has 6 heteroatoms. The maximum absolute atomic E-state index is 12.1. The first-order valence-electron chi connectivity index (χ1n) is 7.63. The van der Waals surface area contributed by atoms with Gasteiger partial charge in [-0.25, -0.2) is 4.79 Å². The van der Waals surface area contributed by atoms with Gasteiger partial charge in [0.25, 0.3) is 0 Å². The van der Waals surface area contributed by atoms with Gasteiger partial charge in [0.2, 0.25) is 0 Å². The number of hydrogen-bond donors (Lipinski definition) is 0. The summed E-state index contributed by atoms with van der Waals surface area (Å²) in [5, 5.41) is 0. The summed E-state index contributed by atoms with van der Waals surface area (Å²) in [7, 11) is 0. The van der Waals surface area contributed by atoms with E-state index in [-0.39, 0.29) is 18.1 Å². The summed E-state index contributed by atoms with van der Waals surface area (Å²) in [6, 6.07) is -0.275. The van der Waals surface area contributed by atoms with Crippen molar-refractivity contribution in [1.82, 2.24) is 9.80 Å². The third kappa shape index (κ3) is 5.91. The maximum atomic E-state index is 12.1. The van der Waals surface area contributed by atoms with E-state index in [1.807, 2.05) is 27.7 Å². The van der Waals surface area contributed by atoms with Crippen LogP contribution in [0.3, 0.4) is 0 Å². The topological polar surface area (TPSA) is 59.1 Å². The Morgan fingerprint density at radius 3 is 2.38 bits per heavy atom. The molecular formula is C15H28N2O4. The lowest BCUT2D eigenvalue weighted by Gasteiger charge is -2.27. The molecule has 1 rings (SSSR count). The van der Waals surface area contributed by atoms with E-state index >= 15 is 0 Å². The first-order chi connectivity index (χ1) is 9.74. The largest absolute Gasteiger partial charge is 0.465 e. The third-order valence-electron chi connectivity index (χ3n) is 3.36. The lowest BCUT2D eigenvalue weighted by molar-refractivity contribution is -0.148. The summed E-state index contributed by atoms with van der Waals surface area (Å²) in [6.07, 6.45) is 0.538. The minimum Gasteiger partial charge on any atom is -0.465 e. The molecule has 122 valence electrons. The molecule has 0 unspecified atom stereocenters. The van der Waals surface area contributed by atoms with E-state index in [1.54, 1.807) is 11.8 Å². The van der Waals surface area contributed by atoms with Gasteiger partial charge in [-0.2, -0.15) is 0 Å². The molecule has 1 amide bonds. The van der Waals surface area contributed by atoms with E-state index in [2.05, 4.69) is 4.90 Å². The van der Waals surface area contributed by atoms with Crippen LogP contribution >= 0.6 is 0 Å².